The van der Waals surface area contributed by atoms with Crippen molar-refractivity contribution in [1.82, 2.24) is 0 Å². The largest absolute Gasteiger partial charge is 0.456 e. The molecule has 1 aliphatic heterocycles. The second-order valence-electron chi connectivity index (χ2n) is 7.98. The molecule has 3 aromatic rings. The van der Waals surface area contributed by atoms with E-state index in [0.29, 0.717) is 0 Å². The van der Waals surface area contributed by atoms with Gasteiger partial charge in [-0.1, -0.05) is 56.3 Å². The fraction of sp³-hybridized carbons (Fsp3) is 0.333. The summed E-state index contributed by atoms with van der Waals surface area (Å²) in [6.45, 7) is 9.11. The highest BCUT2D eigenvalue weighted by molar-refractivity contribution is 6.68. The third kappa shape index (κ3) is 2.48. The van der Waals surface area contributed by atoms with Crippen LogP contribution in [0, 0.1) is 5.41 Å². The van der Waals surface area contributed by atoms with Crippen molar-refractivity contribution >= 4 is 23.3 Å². The van der Waals surface area contributed by atoms with Gasteiger partial charge >= 0.3 is 6.92 Å². The second-order valence-corrected chi connectivity index (χ2v) is 7.98. The average molecular weight is 318 g/mol. The van der Waals surface area contributed by atoms with Crippen LogP contribution in [0.1, 0.15) is 27.7 Å². The molecular weight excluding hydrogens is 295 g/mol. The lowest BCUT2D eigenvalue weighted by Gasteiger charge is -2.34. The molecule has 0 amide bonds. The molecule has 0 bridgehead atoms. The molecule has 122 valence electrons. The number of hydrogen-bond acceptors (Lipinski definition) is 2. The van der Waals surface area contributed by atoms with E-state index in [4.69, 9.17) is 9.07 Å². The summed E-state index contributed by atoms with van der Waals surface area (Å²) in [4.78, 5) is 0. The van der Waals surface area contributed by atoms with E-state index in [-0.39, 0.29) is 17.9 Å². The smallest absolute Gasteiger partial charge is 0.327 e. The Morgan fingerprint density at radius 3 is 2.33 bits per heavy atom. The predicted molar refractivity (Wildman–Crippen MR) is 101 cm³/mol. The van der Waals surface area contributed by atoms with Crippen molar-refractivity contribution in [2.75, 3.05) is 0 Å². The Balaban J connectivity index is 1.70. The molecule has 2 aromatic carbocycles. The van der Waals surface area contributed by atoms with E-state index >= 15 is 0 Å². The second kappa shape index (κ2) is 5.25. The number of fused-ring (bicyclic) bond motifs is 1. The first kappa shape index (κ1) is 15.5. The molecule has 0 radical (unpaired) electrons. The van der Waals surface area contributed by atoms with Crippen LogP contribution in [0.15, 0.2) is 59.0 Å². The van der Waals surface area contributed by atoms with E-state index in [1.165, 1.54) is 5.46 Å². The molecule has 0 N–H and O–H groups in total. The summed E-state index contributed by atoms with van der Waals surface area (Å²) in [5.74, 6) is 0.913. The van der Waals surface area contributed by atoms with Crippen molar-refractivity contribution in [2.45, 2.75) is 39.6 Å². The Morgan fingerprint density at radius 1 is 0.917 bits per heavy atom. The first-order chi connectivity index (χ1) is 11.4. The highest BCUT2D eigenvalue weighted by atomic mass is 16.5. The lowest BCUT2D eigenvalue weighted by molar-refractivity contribution is 0.0375. The normalized spacial score (nSPS) is 19.1. The minimum absolute atomic E-state index is 0.113. The topological polar surface area (TPSA) is 22.4 Å². The van der Waals surface area contributed by atoms with Crippen molar-refractivity contribution in [1.29, 1.82) is 0 Å². The molecule has 0 spiro atoms. The Hall–Kier alpha value is -2.00. The number of furan rings is 1. The van der Waals surface area contributed by atoms with Gasteiger partial charge in [-0.3, -0.25) is 0 Å². The van der Waals surface area contributed by atoms with Gasteiger partial charge in [0.1, 0.15) is 11.3 Å². The van der Waals surface area contributed by atoms with Crippen LogP contribution in [0.4, 0.5) is 0 Å². The maximum atomic E-state index is 6.36. The molecule has 0 saturated carbocycles. The van der Waals surface area contributed by atoms with Crippen LogP contribution >= 0.6 is 0 Å². The molecular formula is C21H23BO2. The highest BCUT2D eigenvalue weighted by Crippen LogP contribution is 2.45. The van der Waals surface area contributed by atoms with Crippen LogP contribution in [0.5, 0.6) is 0 Å². The maximum Gasteiger partial charge on any atom is 0.327 e. The molecule has 1 saturated heterocycles. The van der Waals surface area contributed by atoms with Crippen molar-refractivity contribution in [3.63, 3.8) is 0 Å². The zero-order valence-corrected chi connectivity index (χ0v) is 14.8. The molecule has 0 unspecified atom stereocenters. The quantitative estimate of drug-likeness (QED) is 0.611. The van der Waals surface area contributed by atoms with Crippen LogP contribution in [0.3, 0.4) is 0 Å². The van der Waals surface area contributed by atoms with E-state index in [1.807, 2.05) is 18.2 Å². The van der Waals surface area contributed by atoms with Gasteiger partial charge in [0.25, 0.3) is 0 Å². The molecule has 2 nitrogen and oxygen atoms in total. The molecule has 24 heavy (non-hydrogen) atoms. The monoisotopic (exact) mass is 318 g/mol. The van der Waals surface area contributed by atoms with Crippen LogP contribution in [-0.2, 0) is 4.65 Å². The number of benzene rings is 2. The molecule has 0 aliphatic carbocycles. The van der Waals surface area contributed by atoms with Gasteiger partial charge in [0.05, 0.1) is 5.60 Å². The van der Waals surface area contributed by atoms with Gasteiger partial charge in [0.2, 0.25) is 0 Å². The third-order valence-electron chi connectivity index (χ3n) is 5.73. The van der Waals surface area contributed by atoms with E-state index in [0.717, 1.165) is 28.6 Å². The van der Waals surface area contributed by atoms with Gasteiger partial charge in [-0.25, -0.2) is 0 Å². The number of rotatable bonds is 2. The van der Waals surface area contributed by atoms with Crippen LogP contribution in [0.25, 0.3) is 22.3 Å². The molecule has 3 heteroatoms. The first-order valence-corrected chi connectivity index (χ1v) is 8.62. The Kier molecular flexibility index (Phi) is 3.40. The van der Waals surface area contributed by atoms with Gasteiger partial charge in [-0.05, 0) is 43.2 Å². The number of hydrogen-bond donors (Lipinski definition) is 0. The Labute approximate surface area is 143 Å². The van der Waals surface area contributed by atoms with Crippen molar-refractivity contribution < 1.29 is 9.07 Å². The summed E-state index contributed by atoms with van der Waals surface area (Å²) in [6, 6.07) is 18.8. The van der Waals surface area contributed by atoms with Gasteiger partial charge in [0.15, 0.2) is 0 Å². The zero-order chi connectivity index (χ0) is 16.9. The molecule has 1 aromatic heterocycles. The van der Waals surface area contributed by atoms with Gasteiger partial charge < -0.3 is 9.07 Å². The summed E-state index contributed by atoms with van der Waals surface area (Å²) in [5.41, 5.74) is 3.32. The van der Waals surface area contributed by atoms with Crippen LogP contribution < -0.4 is 5.46 Å². The Bertz CT molecular complexity index is 861. The van der Waals surface area contributed by atoms with Crippen LogP contribution in [-0.4, -0.2) is 12.5 Å². The minimum Gasteiger partial charge on any atom is -0.456 e. The van der Waals surface area contributed by atoms with Crippen molar-refractivity contribution in [2.24, 2.45) is 5.41 Å². The summed E-state index contributed by atoms with van der Waals surface area (Å²) in [5, 5.41) is 1.14. The van der Waals surface area contributed by atoms with E-state index in [9.17, 15) is 0 Å². The zero-order valence-electron chi connectivity index (χ0n) is 14.8. The summed E-state index contributed by atoms with van der Waals surface area (Å²) in [6.07, 6.45) is 1.04. The third-order valence-corrected chi connectivity index (χ3v) is 5.73. The molecule has 4 rings (SSSR count). The molecule has 0 atom stereocenters. The lowest BCUT2D eigenvalue weighted by Crippen LogP contribution is -2.36. The van der Waals surface area contributed by atoms with Crippen LogP contribution in [0.2, 0.25) is 6.32 Å². The fourth-order valence-corrected chi connectivity index (χ4v) is 3.46. The Morgan fingerprint density at radius 2 is 1.67 bits per heavy atom. The standard InChI is InChI=1S/C21H23BO2/c1-20(2)14-22(24-21(20,3)4)17-10-11-18-16(12-17)13-19(23-18)15-8-6-5-7-9-15/h5-13H,14H2,1-4H3. The van der Waals surface area contributed by atoms with Gasteiger partial charge in [0, 0.05) is 10.9 Å². The van der Waals surface area contributed by atoms with Gasteiger partial charge in [-0.15, -0.1) is 0 Å². The van der Waals surface area contributed by atoms with E-state index in [1.54, 1.807) is 0 Å². The highest BCUT2D eigenvalue weighted by Gasteiger charge is 2.49. The fourth-order valence-electron chi connectivity index (χ4n) is 3.46. The van der Waals surface area contributed by atoms with Crippen molar-refractivity contribution in [3.8, 4) is 11.3 Å². The first-order valence-electron chi connectivity index (χ1n) is 8.62. The minimum atomic E-state index is -0.113. The van der Waals surface area contributed by atoms with Crippen molar-refractivity contribution in [3.05, 3.63) is 54.6 Å². The molecule has 2 heterocycles. The summed E-state index contributed by atoms with van der Waals surface area (Å²) < 4.78 is 12.4. The summed E-state index contributed by atoms with van der Waals surface area (Å²) in [7, 11) is 0. The van der Waals surface area contributed by atoms with E-state index < -0.39 is 0 Å². The average Bonchev–Trinajstić information content (AvgIpc) is 3.06. The van der Waals surface area contributed by atoms with Gasteiger partial charge in [-0.2, -0.15) is 0 Å². The maximum absolute atomic E-state index is 6.36. The molecule has 1 aliphatic rings. The predicted octanol–water partition coefficient (Wildman–Crippen LogP) is 5.13. The SMILES string of the molecule is CC1(C)CB(c2ccc3oc(-c4ccccc4)cc3c2)OC1(C)C. The molecule has 1 fully saturated rings. The van der Waals surface area contributed by atoms with E-state index in [2.05, 4.69) is 64.1 Å². The summed E-state index contributed by atoms with van der Waals surface area (Å²) >= 11 is 0. The lowest BCUT2D eigenvalue weighted by atomic mass is 9.54.